The zero-order valence-corrected chi connectivity index (χ0v) is 15.1. The minimum Gasteiger partial charge on any atom is -0.482 e. The van der Waals surface area contributed by atoms with Crippen LogP contribution in [0.4, 0.5) is 0 Å². The second kappa shape index (κ2) is 7.62. The molecule has 0 aliphatic heterocycles. The van der Waals surface area contributed by atoms with Gasteiger partial charge in [-0.2, -0.15) is 0 Å². The fourth-order valence-corrected chi connectivity index (χ4v) is 2.86. The molecule has 5 heteroatoms. The number of furan rings is 1. The molecule has 0 spiro atoms. The summed E-state index contributed by atoms with van der Waals surface area (Å²) in [4.78, 5) is 11.6. The van der Waals surface area contributed by atoms with Crippen molar-refractivity contribution in [3.8, 4) is 5.75 Å². The molecule has 1 aromatic carbocycles. The van der Waals surface area contributed by atoms with E-state index in [2.05, 4.69) is 0 Å². The van der Waals surface area contributed by atoms with E-state index in [1.807, 2.05) is 45.1 Å². The topological polar surface area (TPSA) is 72.8 Å². The number of benzene rings is 1. The number of ether oxygens (including phenoxy) is 1. The van der Waals surface area contributed by atoms with Crippen molar-refractivity contribution in [2.24, 2.45) is 0 Å². The monoisotopic (exact) mass is 354 g/mol. The molecule has 1 N–H and O–H groups in total. The Morgan fingerprint density at radius 2 is 1.96 bits per heavy atom. The van der Waals surface area contributed by atoms with Crippen LogP contribution in [0.25, 0.3) is 21.9 Å². The molecule has 0 radical (unpaired) electrons. The predicted octanol–water partition coefficient (Wildman–Crippen LogP) is 4.58. The SMILES string of the molecule is CC(C)=C[C@H](O)CC(C)=CCOc1c2occc2cc2ccc(=O)oc12. The molecule has 0 saturated carbocycles. The maximum atomic E-state index is 11.6. The van der Waals surface area contributed by atoms with Crippen molar-refractivity contribution in [2.75, 3.05) is 6.61 Å². The first kappa shape index (κ1) is 18.0. The predicted molar refractivity (Wildman–Crippen MR) is 102 cm³/mol. The molecular formula is C21H22O5. The summed E-state index contributed by atoms with van der Waals surface area (Å²) in [7, 11) is 0. The van der Waals surface area contributed by atoms with E-state index < -0.39 is 11.7 Å². The summed E-state index contributed by atoms with van der Waals surface area (Å²) in [5.41, 5.74) is 2.56. The molecule has 5 nitrogen and oxygen atoms in total. The van der Waals surface area contributed by atoms with Crippen LogP contribution >= 0.6 is 0 Å². The lowest BCUT2D eigenvalue weighted by Crippen LogP contribution is -2.04. The average molecular weight is 354 g/mol. The van der Waals surface area contributed by atoms with Gasteiger partial charge in [-0.05, 0) is 51.5 Å². The van der Waals surface area contributed by atoms with Crippen LogP contribution in [-0.2, 0) is 0 Å². The quantitative estimate of drug-likeness (QED) is 0.518. The van der Waals surface area contributed by atoms with Gasteiger partial charge in [-0.1, -0.05) is 17.2 Å². The number of hydrogen-bond acceptors (Lipinski definition) is 5. The molecule has 2 aromatic heterocycles. The summed E-state index contributed by atoms with van der Waals surface area (Å²) in [6.45, 7) is 6.13. The fraction of sp³-hybridized carbons (Fsp3) is 0.286. The lowest BCUT2D eigenvalue weighted by molar-refractivity contribution is 0.222. The maximum Gasteiger partial charge on any atom is 0.336 e. The summed E-state index contributed by atoms with van der Waals surface area (Å²) in [5.74, 6) is 0.411. The number of fused-ring (bicyclic) bond motifs is 2. The van der Waals surface area contributed by atoms with Gasteiger partial charge in [0, 0.05) is 16.8 Å². The highest BCUT2D eigenvalue weighted by Crippen LogP contribution is 2.34. The third kappa shape index (κ3) is 4.06. The van der Waals surface area contributed by atoms with Gasteiger partial charge in [0.2, 0.25) is 5.75 Å². The highest BCUT2D eigenvalue weighted by atomic mass is 16.5. The smallest absolute Gasteiger partial charge is 0.336 e. The van der Waals surface area contributed by atoms with E-state index in [4.69, 9.17) is 13.6 Å². The van der Waals surface area contributed by atoms with Gasteiger partial charge in [0.15, 0.2) is 11.2 Å². The Labute approximate surface area is 151 Å². The number of allylic oxidation sites excluding steroid dienone is 1. The van der Waals surface area contributed by atoms with Crippen LogP contribution in [0.2, 0.25) is 0 Å². The summed E-state index contributed by atoms with van der Waals surface area (Å²) in [6.07, 6.45) is 5.32. The molecule has 0 saturated heterocycles. The Hall–Kier alpha value is -2.79. The van der Waals surface area contributed by atoms with Crippen LogP contribution in [0.3, 0.4) is 0 Å². The van der Waals surface area contributed by atoms with E-state index >= 15 is 0 Å². The summed E-state index contributed by atoms with van der Waals surface area (Å²) >= 11 is 0. The van der Waals surface area contributed by atoms with Gasteiger partial charge in [0.1, 0.15) is 6.61 Å². The molecule has 3 rings (SSSR count). The van der Waals surface area contributed by atoms with E-state index in [0.717, 1.165) is 21.9 Å². The van der Waals surface area contributed by atoms with Gasteiger partial charge in [-0.3, -0.25) is 0 Å². The molecule has 0 fully saturated rings. The van der Waals surface area contributed by atoms with Gasteiger partial charge < -0.3 is 18.7 Å². The van der Waals surface area contributed by atoms with Gasteiger partial charge in [-0.15, -0.1) is 0 Å². The summed E-state index contributed by atoms with van der Waals surface area (Å²) in [5, 5.41) is 11.6. The molecule has 3 aromatic rings. The van der Waals surface area contributed by atoms with E-state index in [0.29, 0.717) is 23.3 Å². The van der Waals surface area contributed by atoms with Crippen LogP contribution in [0.5, 0.6) is 5.75 Å². The van der Waals surface area contributed by atoms with E-state index in [1.165, 1.54) is 6.07 Å². The van der Waals surface area contributed by atoms with Crippen molar-refractivity contribution >= 4 is 21.9 Å². The summed E-state index contributed by atoms with van der Waals surface area (Å²) in [6, 6.07) is 6.81. The molecule has 0 amide bonds. The zero-order chi connectivity index (χ0) is 18.7. The number of aliphatic hydroxyl groups is 1. The Kier molecular flexibility index (Phi) is 5.28. The highest BCUT2D eigenvalue weighted by molar-refractivity contribution is 5.99. The first-order valence-electron chi connectivity index (χ1n) is 8.49. The highest BCUT2D eigenvalue weighted by Gasteiger charge is 2.14. The first-order valence-corrected chi connectivity index (χ1v) is 8.49. The molecule has 26 heavy (non-hydrogen) atoms. The molecule has 1 atom stereocenters. The molecule has 0 aliphatic rings. The second-order valence-corrected chi connectivity index (χ2v) is 6.59. The third-order valence-electron chi connectivity index (χ3n) is 4.00. The molecule has 2 heterocycles. The fourth-order valence-electron chi connectivity index (χ4n) is 2.86. The second-order valence-electron chi connectivity index (χ2n) is 6.59. The first-order chi connectivity index (χ1) is 12.4. The van der Waals surface area contributed by atoms with Crippen LogP contribution in [0, 0.1) is 0 Å². The zero-order valence-electron chi connectivity index (χ0n) is 15.1. The lowest BCUT2D eigenvalue weighted by atomic mass is 10.1. The summed E-state index contributed by atoms with van der Waals surface area (Å²) < 4.78 is 16.7. The minimum absolute atomic E-state index is 0.279. The largest absolute Gasteiger partial charge is 0.482 e. The van der Waals surface area contributed by atoms with Gasteiger partial charge in [0.25, 0.3) is 0 Å². The molecule has 0 bridgehead atoms. The van der Waals surface area contributed by atoms with Crippen LogP contribution in [-0.4, -0.2) is 17.8 Å². The Morgan fingerprint density at radius 1 is 1.19 bits per heavy atom. The van der Waals surface area contributed by atoms with E-state index in [-0.39, 0.29) is 6.61 Å². The van der Waals surface area contributed by atoms with Gasteiger partial charge in [0.05, 0.1) is 12.4 Å². The molecule has 0 aliphatic carbocycles. The van der Waals surface area contributed by atoms with Crippen LogP contribution < -0.4 is 10.4 Å². The van der Waals surface area contributed by atoms with E-state index in [1.54, 1.807) is 12.3 Å². The van der Waals surface area contributed by atoms with Crippen molar-refractivity contribution < 1.29 is 18.7 Å². The Morgan fingerprint density at radius 3 is 2.73 bits per heavy atom. The van der Waals surface area contributed by atoms with Crippen LogP contribution in [0.15, 0.2) is 67.5 Å². The maximum absolute atomic E-state index is 11.6. The van der Waals surface area contributed by atoms with Crippen molar-refractivity contribution in [3.05, 3.63) is 64.2 Å². The van der Waals surface area contributed by atoms with Crippen molar-refractivity contribution in [1.29, 1.82) is 0 Å². The normalized spacial score (nSPS) is 13.2. The standard InChI is InChI=1S/C21H22O5/c1-13(2)10-17(22)11-14(3)6-8-25-21-19-16(7-9-24-19)12-15-4-5-18(23)26-20(15)21/h4-7,9-10,12,17,22H,8,11H2,1-3H3/t17-/m0/s1. The minimum atomic E-state index is -0.511. The number of hydrogen-bond donors (Lipinski definition) is 1. The van der Waals surface area contributed by atoms with Crippen LogP contribution in [0.1, 0.15) is 27.2 Å². The van der Waals surface area contributed by atoms with Crippen molar-refractivity contribution in [1.82, 2.24) is 0 Å². The lowest BCUT2D eigenvalue weighted by Gasteiger charge is -2.09. The number of rotatable bonds is 6. The van der Waals surface area contributed by atoms with Crippen molar-refractivity contribution in [3.63, 3.8) is 0 Å². The van der Waals surface area contributed by atoms with Gasteiger partial charge in [-0.25, -0.2) is 4.79 Å². The molecule has 0 unspecified atom stereocenters. The average Bonchev–Trinajstić information content (AvgIpc) is 3.01. The van der Waals surface area contributed by atoms with Gasteiger partial charge >= 0.3 is 5.63 Å². The van der Waals surface area contributed by atoms with Crippen molar-refractivity contribution in [2.45, 2.75) is 33.3 Å². The molecule has 136 valence electrons. The van der Waals surface area contributed by atoms with E-state index in [9.17, 15) is 9.90 Å². The number of aliphatic hydroxyl groups excluding tert-OH is 1. The Bertz CT molecular complexity index is 1030. The third-order valence-corrected chi connectivity index (χ3v) is 4.00. The molecular weight excluding hydrogens is 332 g/mol. The Balaban J connectivity index is 1.84.